The van der Waals surface area contributed by atoms with Crippen molar-refractivity contribution in [2.24, 2.45) is 5.41 Å². The standard InChI is InChI=1S/C14H18F3NO2/c1-13(2,3)12(18-8-11(19)20)9-5-4-6-10(7-9)14(15,16)17/h4-7,12,18H,8H2,1-3H3,(H,19,20). The van der Waals surface area contributed by atoms with E-state index >= 15 is 0 Å². The van der Waals surface area contributed by atoms with Crippen LogP contribution in [0.1, 0.15) is 37.9 Å². The van der Waals surface area contributed by atoms with Gasteiger partial charge in [-0.25, -0.2) is 0 Å². The van der Waals surface area contributed by atoms with Crippen molar-refractivity contribution in [3.63, 3.8) is 0 Å². The molecule has 0 aliphatic rings. The average molecular weight is 289 g/mol. The van der Waals surface area contributed by atoms with Gasteiger partial charge in [-0.3, -0.25) is 10.1 Å². The first-order chi connectivity index (χ1) is 9.01. The van der Waals surface area contributed by atoms with E-state index in [0.717, 1.165) is 12.1 Å². The van der Waals surface area contributed by atoms with Crippen LogP contribution in [0, 0.1) is 5.41 Å². The highest BCUT2D eigenvalue weighted by Crippen LogP contribution is 2.36. The van der Waals surface area contributed by atoms with Crippen LogP contribution < -0.4 is 5.32 Å². The molecule has 0 saturated carbocycles. The molecule has 0 spiro atoms. The van der Waals surface area contributed by atoms with Crippen LogP contribution >= 0.6 is 0 Å². The van der Waals surface area contributed by atoms with Gasteiger partial charge < -0.3 is 5.11 Å². The first kappa shape index (κ1) is 16.5. The fraction of sp³-hybridized carbons (Fsp3) is 0.500. The van der Waals surface area contributed by atoms with Crippen LogP contribution in [0.4, 0.5) is 13.2 Å². The monoisotopic (exact) mass is 289 g/mol. The smallest absolute Gasteiger partial charge is 0.416 e. The van der Waals surface area contributed by atoms with Gasteiger partial charge in [0.05, 0.1) is 12.1 Å². The molecule has 1 rings (SSSR count). The van der Waals surface area contributed by atoms with Gasteiger partial charge >= 0.3 is 12.1 Å². The quantitative estimate of drug-likeness (QED) is 0.892. The van der Waals surface area contributed by atoms with Gasteiger partial charge in [-0.1, -0.05) is 32.9 Å². The molecule has 0 fully saturated rings. The van der Waals surface area contributed by atoms with Crippen LogP contribution in [0.2, 0.25) is 0 Å². The average Bonchev–Trinajstić information content (AvgIpc) is 2.26. The molecule has 2 N–H and O–H groups in total. The summed E-state index contributed by atoms with van der Waals surface area (Å²) in [5, 5.41) is 11.5. The lowest BCUT2D eigenvalue weighted by Crippen LogP contribution is -2.35. The molecule has 0 radical (unpaired) electrons. The summed E-state index contributed by atoms with van der Waals surface area (Å²) in [7, 11) is 0. The Morgan fingerprint density at radius 2 is 1.90 bits per heavy atom. The first-order valence-electron chi connectivity index (χ1n) is 6.14. The van der Waals surface area contributed by atoms with Gasteiger partial charge in [0.25, 0.3) is 0 Å². The van der Waals surface area contributed by atoms with Crippen molar-refractivity contribution in [1.82, 2.24) is 5.32 Å². The molecule has 1 unspecified atom stereocenters. The summed E-state index contributed by atoms with van der Waals surface area (Å²) in [6, 6.07) is 4.48. The minimum absolute atomic E-state index is 0.307. The van der Waals surface area contributed by atoms with E-state index in [-0.39, 0.29) is 6.54 Å². The Hall–Kier alpha value is -1.56. The molecule has 3 nitrogen and oxygen atoms in total. The number of hydrogen-bond acceptors (Lipinski definition) is 2. The molecular formula is C14H18F3NO2. The van der Waals surface area contributed by atoms with E-state index in [0.29, 0.717) is 5.56 Å². The zero-order valence-electron chi connectivity index (χ0n) is 11.6. The fourth-order valence-electron chi connectivity index (χ4n) is 2.01. The van der Waals surface area contributed by atoms with Crippen LogP contribution in [0.5, 0.6) is 0 Å². The van der Waals surface area contributed by atoms with Gasteiger partial charge in [0.15, 0.2) is 0 Å². The summed E-state index contributed by atoms with van der Waals surface area (Å²) < 4.78 is 38.2. The lowest BCUT2D eigenvalue weighted by atomic mass is 9.82. The summed E-state index contributed by atoms with van der Waals surface area (Å²) in [5.41, 5.74) is -0.727. The van der Waals surface area contributed by atoms with Gasteiger partial charge in [-0.05, 0) is 23.1 Å². The molecule has 0 aliphatic carbocycles. The lowest BCUT2D eigenvalue weighted by Gasteiger charge is -2.32. The van der Waals surface area contributed by atoms with E-state index in [1.165, 1.54) is 6.07 Å². The number of carboxylic acid groups (broad SMARTS) is 1. The molecule has 1 aromatic rings. The van der Waals surface area contributed by atoms with Crippen molar-refractivity contribution in [1.29, 1.82) is 0 Å². The Bertz CT molecular complexity index is 478. The maximum absolute atomic E-state index is 12.7. The summed E-state index contributed by atoms with van der Waals surface area (Å²) in [6.45, 7) is 5.21. The predicted molar refractivity (Wildman–Crippen MR) is 69.3 cm³/mol. The Morgan fingerprint density at radius 1 is 1.30 bits per heavy atom. The number of benzene rings is 1. The van der Waals surface area contributed by atoms with E-state index in [2.05, 4.69) is 5.32 Å². The molecule has 0 saturated heterocycles. The molecule has 112 valence electrons. The summed E-state index contributed by atoms with van der Waals surface area (Å²) in [4.78, 5) is 10.6. The zero-order valence-corrected chi connectivity index (χ0v) is 11.6. The van der Waals surface area contributed by atoms with Gasteiger partial charge in [-0.2, -0.15) is 13.2 Å². The Morgan fingerprint density at radius 3 is 2.35 bits per heavy atom. The molecule has 20 heavy (non-hydrogen) atoms. The number of nitrogens with one attached hydrogen (secondary N) is 1. The second-order valence-electron chi connectivity index (χ2n) is 5.70. The van der Waals surface area contributed by atoms with Crippen LogP contribution in [0.25, 0.3) is 0 Å². The molecule has 0 amide bonds. The second kappa shape index (κ2) is 5.83. The van der Waals surface area contributed by atoms with Crippen LogP contribution in [0.15, 0.2) is 24.3 Å². The molecule has 1 atom stereocenters. The topological polar surface area (TPSA) is 49.3 Å². The first-order valence-corrected chi connectivity index (χ1v) is 6.14. The summed E-state index contributed by atoms with van der Waals surface area (Å²) in [5.74, 6) is -1.05. The Balaban J connectivity index is 3.11. The molecule has 0 heterocycles. The number of carboxylic acids is 1. The number of alkyl halides is 3. The largest absolute Gasteiger partial charge is 0.480 e. The van der Waals surface area contributed by atoms with Crippen molar-refractivity contribution >= 4 is 5.97 Å². The third-order valence-electron chi connectivity index (χ3n) is 2.87. The maximum atomic E-state index is 12.7. The SMILES string of the molecule is CC(C)(C)C(NCC(=O)O)c1cccc(C(F)(F)F)c1. The van der Waals surface area contributed by atoms with Crippen LogP contribution in [0.3, 0.4) is 0 Å². The van der Waals surface area contributed by atoms with E-state index in [9.17, 15) is 18.0 Å². The molecule has 0 aromatic heterocycles. The highest BCUT2D eigenvalue weighted by molar-refractivity contribution is 5.69. The van der Waals surface area contributed by atoms with Crippen molar-refractivity contribution in [2.75, 3.05) is 6.54 Å². The van der Waals surface area contributed by atoms with Crippen molar-refractivity contribution < 1.29 is 23.1 Å². The van der Waals surface area contributed by atoms with E-state index in [1.807, 2.05) is 20.8 Å². The molecule has 0 aliphatic heterocycles. The number of aliphatic carboxylic acids is 1. The number of hydrogen-bond donors (Lipinski definition) is 2. The number of halogens is 3. The van der Waals surface area contributed by atoms with E-state index in [1.54, 1.807) is 6.07 Å². The lowest BCUT2D eigenvalue weighted by molar-refractivity contribution is -0.138. The predicted octanol–water partition coefficient (Wildman–Crippen LogP) is 3.47. The minimum Gasteiger partial charge on any atom is -0.480 e. The highest BCUT2D eigenvalue weighted by Gasteiger charge is 2.33. The van der Waals surface area contributed by atoms with Gasteiger partial charge in [-0.15, -0.1) is 0 Å². The van der Waals surface area contributed by atoms with E-state index in [4.69, 9.17) is 5.11 Å². The van der Waals surface area contributed by atoms with Crippen molar-refractivity contribution in [3.8, 4) is 0 Å². The Kier molecular flexibility index (Phi) is 4.81. The van der Waals surface area contributed by atoms with Gasteiger partial charge in [0.1, 0.15) is 0 Å². The zero-order chi connectivity index (χ0) is 15.6. The maximum Gasteiger partial charge on any atom is 0.416 e. The van der Waals surface area contributed by atoms with E-state index < -0.39 is 29.2 Å². The normalized spacial score (nSPS) is 14.1. The molecule has 6 heteroatoms. The van der Waals surface area contributed by atoms with Crippen molar-refractivity contribution in [3.05, 3.63) is 35.4 Å². The number of rotatable bonds is 4. The second-order valence-corrected chi connectivity index (χ2v) is 5.70. The third-order valence-corrected chi connectivity index (χ3v) is 2.87. The molecule has 0 bridgehead atoms. The van der Waals surface area contributed by atoms with Gasteiger partial charge in [0, 0.05) is 6.04 Å². The van der Waals surface area contributed by atoms with Crippen molar-refractivity contribution in [2.45, 2.75) is 33.0 Å². The molecule has 1 aromatic carbocycles. The number of carbonyl (C=O) groups is 1. The van der Waals surface area contributed by atoms with Crippen LogP contribution in [-0.4, -0.2) is 17.6 Å². The fourth-order valence-corrected chi connectivity index (χ4v) is 2.01. The van der Waals surface area contributed by atoms with Gasteiger partial charge in [0.2, 0.25) is 0 Å². The minimum atomic E-state index is -4.41. The van der Waals surface area contributed by atoms with Crippen LogP contribution in [-0.2, 0) is 11.0 Å². The third kappa shape index (κ3) is 4.52. The summed E-state index contributed by atoms with van der Waals surface area (Å²) in [6.07, 6.45) is -4.41. The Labute approximate surface area is 115 Å². The highest BCUT2D eigenvalue weighted by atomic mass is 19.4. The molecular weight excluding hydrogens is 271 g/mol. The summed E-state index contributed by atoms with van der Waals surface area (Å²) >= 11 is 0.